The number of nitrogens with one attached hydrogen (secondary N) is 1. The third kappa shape index (κ3) is 4.37. The average molecular weight is 310 g/mol. The molecule has 2 aliphatic rings. The summed E-state index contributed by atoms with van der Waals surface area (Å²) in [7, 11) is 0. The highest BCUT2D eigenvalue weighted by Gasteiger charge is 2.44. The Balaban J connectivity index is 1.87. The van der Waals surface area contributed by atoms with Crippen molar-refractivity contribution in [3.05, 3.63) is 0 Å². The van der Waals surface area contributed by atoms with Gasteiger partial charge in [-0.05, 0) is 58.9 Å². The maximum absolute atomic E-state index is 12.4. The van der Waals surface area contributed by atoms with E-state index in [2.05, 4.69) is 19.2 Å². The number of piperidine rings is 1. The van der Waals surface area contributed by atoms with Gasteiger partial charge in [-0.1, -0.05) is 26.7 Å². The van der Waals surface area contributed by atoms with Crippen LogP contribution in [0.2, 0.25) is 0 Å². The maximum atomic E-state index is 12.4. The summed E-state index contributed by atoms with van der Waals surface area (Å²) < 4.78 is 5.59. The molecule has 1 N–H and O–H groups in total. The Morgan fingerprint density at radius 1 is 1.18 bits per heavy atom. The molecule has 4 heteroatoms. The van der Waals surface area contributed by atoms with Gasteiger partial charge >= 0.3 is 6.09 Å². The summed E-state index contributed by atoms with van der Waals surface area (Å²) in [5.74, 6) is 0.779. The van der Waals surface area contributed by atoms with Gasteiger partial charge in [-0.2, -0.15) is 0 Å². The van der Waals surface area contributed by atoms with Crippen molar-refractivity contribution in [1.29, 1.82) is 0 Å². The number of amides is 1. The molecule has 2 atom stereocenters. The van der Waals surface area contributed by atoms with Crippen molar-refractivity contribution >= 4 is 6.09 Å². The molecule has 22 heavy (non-hydrogen) atoms. The molecule has 2 fully saturated rings. The van der Waals surface area contributed by atoms with Gasteiger partial charge in [0.05, 0.1) is 0 Å². The molecule has 2 rings (SSSR count). The summed E-state index contributed by atoms with van der Waals surface area (Å²) in [6, 6.07) is 1.30. The normalized spacial score (nSPS) is 28.3. The first-order chi connectivity index (χ1) is 10.3. The molecule has 0 aromatic heterocycles. The lowest BCUT2D eigenvalue weighted by molar-refractivity contribution is 0.00458. The van der Waals surface area contributed by atoms with Crippen LogP contribution in [0.4, 0.5) is 4.79 Å². The smallest absolute Gasteiger partial charge is 0.410 e. The Labute approximate surface area is 136 Å². The lowest BCUT2D eigenvalue weighted by Crippen LogP contribution is -2.53. The standard InChI is InChI=1S/C18H34N2O2/c1-6-13(7-2)12-19-14-10-15-8-9-16(11-14)20(15)17(21)22-18(3,4)5/h13-16,19H,6-12H2,1-5H3. The van der Waals surface area contributed by atoms with Crippen LogP contribution in [0.25, 0.3) is 0 Å². The summed E-state index contributed by atoms with van der Waals surface area (Å²) >= 11 is 0. The average Bonchev–Trinajstić information content (AvgIpc) is 2.70. The summed E-state index contributed by atoms with van der Waals surface area (Å²) in [5.41, 5.74) is -0.402. The highest BCUT2D eigenvalue weighted by atomic mass is 16.6. The molecule has 2 heterocycles. The molecule has 2 unspecified atom stereocenters. The third-order valence-corrected chi connectivity index (χ3v) is 5.19. The van der Waals surface area contributed by atoms with E-state index < -0.39 is 5.60 Å². The molecule has 0 aromatic carbocycles. The highest BCUT2D eigenvalue weighted by molar-refractivity contribution is 5.69. The second-order valence-corrected chi connectivity index (χ2v) is 8.03. The lowest BCUT2D eigenvalue weighted by Gasteiger charge is -2.40. The van der Waals surface area contributed by atoms with E-state index in [4.69, 9.17) is 4.74 Å². The van der Waals surface area contributed by atoms with E-state index >= 15 is 0 Å². The molecular formula is C18H34N2O2. The first-order valence-corrected chi connectivity index (χ1v) is 9.08. The first-order valence-electron chi connectivity index (χ1n) is 9.08. The number of nitrogens with zero attached hydrogens (tertiary/aromatic N) is 1. The molecular weight excluding hydrogens is 276 g/mol. The van der Waals surface area contributed by atoms with Gasteiger partial charge in [-0.3, -0.25) is 0 Å². The molecule has 2 aliphatic heterocycles. The van der Waals surface area contributed by atoms with E-state index in [0.29, 0.717) is 18.1 Å². The number of rotatable bonds is 5. The second-order valence-electron chi connectivity index (χ2n) is 8.03. The lowest BCUT2D eigenvalue weighted by atomic mass is 9.96. The molecule has 0 spiro atoms. The zero-order valence-electron chi connectivity index (χ0n) is 15.0. The van der Waals surface area contributed by atoms with E-state index in [1.54, 1.807) is 0 Å². The maximum Gasteiger partial charge on any atom is 0.410 e. The fourth-order valence-corrected chi connectivity index (χ4v) is 3.87. The summed E-state index contributed by atoms with van der Waals surface area (Å²) in [6.45, 7) is 11.5. The SMILES string of the molecule is CCC(CC)CNC1CC2CCC(C1)N2C(=O)OC(C)(C)C. The summed E-state index contributed by atoms with van der Waals surface area (Å²) in [5, 5.41) is 3.75. The molecule has 4 nitrogen and oxygen atoms in total. The van der Waals surface area contributed by atoms with E-state index in [1.165, 1.54) is 12.8 Å². The Morgan fingerprint density at radius 3 is 2.18 bits per heavy atom. The number of hydrogen-bond acceptors (Lipinski definition) is 3. The van der Waals surface area contributed by atoms with Crippen LogP contribution in [0.3, 0.4) is 0 Å². The third-order valence-electron chi connectivity index (χ3n) is 5.19. The van der Waals surface area contributed by atoms with Crippen molar-refractivity contribution in [3.63, 3.8) is 0 Å². The van der Waals surface area contributed by atoms with Crippen LogP contribution in [0.1, 0.15) is 73.1 Å². The van der Waals surface area contributed by atoms with Crippen LogP contribution in [0.15, 0.2) is 0 Å². The van der Waals surface area contributed by atoms with E-state index in [-0.39, 0.29) is 6.09 Å². The number of fused-ring (bicyclic) bond motifs is 2. The minimum Gasteiger partial charge on any atom is -0.444 e. The summed E-state index contributed by atoms with van der Waals surface area (Å²) in [4.78, 5) is 14.5. The predicted octanol–water partition coefficient (Wildman–Crippen LogP) is 3.94. The van der Waals surface area contributed by atoms with Crippen LogP contribution in [-0.2, 0) is 4.74 Å². The van der Waals surface area contributed by atoms with Gasteiger partial charge in [0.2, 0.25) is 0 Å². The van der Waals surface area contributed by atoms with E-state index in [9.17, 15) is 4.79 Å². The van der Waals surface area contributed by atoms with E-state index in [0.717, 1.165) is 38.1 Å². The number of carbonyl (C=O) groups is 1. The van der Waals surface area contributed by atoms with Gasteiger partial charge in [0.15, 0.2) is 0 Å². The fraction of sp³-hybridized carbons (Fsp3) is 0.944. The minimum absolute atomic E-state index is 0.113. The molecule has 0 aromatic rings. The Bertz CT molecular complexity index is 360. The van der Waals surface area contributed by atoms with Gasteiger partial charge in [-0.15, -0.1) is 0 Å². The number of ether oxygens (including phenoxy) is 1. The predicted molar refractivity (Wildman–Crippen MR) is 90.0 cm³/mol. The topological polar surface area (TPSA) is 41.6 Å². The van der Waals surface area contributed by atoms with Crippen LogP contribution < -0.4 is 5.32 Å². The zero-order chi connectivity index (χ0) is 16.3. The number of hydrogen-bond donors (Lipinski definition) is 1. The van der Waals surface area contributed by atoms with Crippen molar-refractivity contribution in [1.82, 2.24) is 10.2 Å². The van der Waals surface area contributed by atoms with Crippen molar-refractivity contribution in [2.24, 2.45) is 5.92 Å². The van der Waals surface area contributed by atoms with Gasteiger partial charge in [-0.25, -0.2) is 4.79 Å². The molecule has 0 aliphatic carbocycles. The highest BCUT2D eigenvalue weighted by Crippen LogP contribution is 2.36. The van der Waals surface area contributed by atoms with Crippen LogP contribution >= 0.6 is 0 Å². The van der Waals surface area contributed by atoms with Crippen molar-refractivity contribution < 1.29 is 9.53 Å². The second kappa shape index (κ2) is 7.20. The van der Waals surface area contributed by atoms with E-state index in [1.807, 2.05) is 25.7 Å². The number of carbonyl (C=O) groups excluding carboxylic acids is 1. The zero-order valence-corrected chi connectivity index (χ0v) is 15.0. The quantitative estimate of drug-likeness (QED) is 0.836. The first kappa shape index (κ1) is 17.6. The molecule has 2 saturated heterocycles. The monoisotopic (exact) mass is 310 g/mol. The van der Waals surface area contributed by atoms with Crippen molar-refractivity contribution in [2.75, 3.05) is 6.54 Å². The molecule has 0 radical (unpaired) electrons. The van der Waals surface area contributed by atoms with Crippen LogP contribution in [0, 0.1) is 5.92 Å². The Morgan fingerprint density at radius 2 is 1.73 bits per heavy atom. The van der Waals surface area contributed by atoms with Crippen LogP contribution in [0.5, 0.6) is 0 Å². The van der Waals surface area contributed by atoms with Crippen LogP contribution in [-0.4, -0.2) is 41.3 Å². The Hall–Kier alpha value is -0.770. The van der Waals surface area contributed by atoms with Gasteiger partial charge < -0.3 is 15.0 Å². The molecule has 128 valence electrons. The van der Waals surface area contributed by atoms with Crippen molar-refractivity contribution in [2.45, 2.75) is 96.9 Å². The van der Waals surface area contributed by atoms with Gasteiger partial charge in [0.25, 0.3) is 0 Å². The molecule has 2 bridgehead atoms. The van der Waals surface area contributed by atoms with Gasteiger partial charge in [0, 0.05) is 18.1 Å². The van der Waals surface area contributed by atoms with Gasteiger partial charge in [0.1, 0.15) is 5.60 Å². The molecule has 1 amide bonds. The molecule has 0 saturated carbocycles. The minimum atomic E-state index is -0.402. The largest absolute Gasteiger partial charge is 0.444 e. The summed E-state index contributed by atoms with van der Waals surface area (Å²) in [6.07, 6.45) is 6.80. The van der Waals surface area contributed by atoms with Crippen molar-refractivity contribution in [3.8, 4) is 0 Å². The fourth-order valence-electron chi connectivity index (χ4n) is 3.87. The Kier molecular flexibility index (Phi) is 5.76.